The molecule has 4 unspecified atom stereocenters. The van der Waals surface area contributed by atoms with E-state index < -0.39 is 47.9 Å². The molecule has 0 saturated heterocycles. The number of rotatable bonds is 19. The first-order chi connectivity index (χ1) is 20.6. The number of guanidine groups is 1. The first kappa shape index (κ1) is 34.7. The van der Waals surface area contributed by atoms with Crippen LogP contribution in [0, 0.1) is 0 Å². The highest BCUT2D eigenvalue weighted by atomic mass is 16.4. The second-order valence-corrected chi connectivity index (χ2v) is 10.2. The van der Waals surface area contributed by atoms with E-state index in [9.17, 15) is 24.3 Å². The molecular weight excluding hydrogens is 552 g/mol. The van der Waals surface area contributed by atoms with E-state index in [0.717, 1.165) is 17.5 Å². The highest BCUT2D eigenvalue weighted by Gasteiger charge is 2.30. The number of nitrogens with two attached hydrogens (primary N) is 4. The second kappa shape index (κ2) is 18.8. The van der Waals surface area contributed by atoms with Crippen LogP contribution in [0.4, 0.5) is 0 Å². The third-order valence-corrected chi connectivity index (χ3v) is 6.70. The summed E-state index contributed by atoms with van der Waals surface area (Å²) in [6.45, 7) is 0.679. The second-order valence-electron chi connectivity index (χ2n) is 10.2. The summed E-state index contributed by atoms with van der Waals surface area (Å²) < 4.78 is 0. The minimum atomic E-state index is -1.24. The molecule has 4 atom stereocenters. The molecular formula is C30H44N8O5. The summed E-state index contributed by atoms with van der Waals surface area (Å²) in [5.41, 5.74) is 23.8. The third-order valence-electron chi connectivity index (χ3n) is 6.70. The largest absolute Gasteiger partial charge is 0.480 e. The summed E-state index contributed by atoms with van der Waals surface area (Å²) in [6, 6.07) is 13.8. The predicted octanol–water partition coefficient (Wildman–Crippen LogP) is -0.479. The fraction of sp³-hybridized carbons (Fsp3) is 0.433. The number of carbonyl (C=O) groups excluding carboxylic acids is 3. The lowest BCUT2D eigenvalue weighted by Gasteiger charge is -2.25. The smallest absolute Gasteiger partial charge is 0.326 e. The molecule has 2 rings (SSSR count). The van der Waals surface area contributed by atoms with Gasteiger partial charge in [-0.3, -0.25) is 19.4 Å². The molecule has 0 spiro atoms. The summed E-state index contributed by atoms with van der Waals surface area (Å²) in [6.07, 6.45) is 2.40. The Hall–Kier alpha value is -4.49. The molecule has 13 nitrogen and oxygen atoms in total. The van der Waals surface area contributed by atoms with Crippen molar-refractivity contribution in [1.29, 1.82) is 0 Å². The Bertz CT molecular complexity index is 1190. The predicted molar refractivity (Wildman–Crippen MR) is 165 cm³/mol. The Morgan fingerprint density at radius 2 is 1.19 bits per heavy atom. The number of aliphatic carboxylic acids is 1. The monoisotopic (exact) mass is 596 g/mol. The van der Waals surface area contributed by atoms with Gasteiger partial charge in [-0.05, 0) is 43.4 Å². The van der Waals surface area contributed by atoms with Gasteiger partial charge in [0, 0.05) is 19.4 Å². The van der Waals surface area contributed by atoms with Crippen LogP contribution >= 0.6 is 0 Å². The van der Waals surface area contributed by atoms with Crippen molar-refractivity contribution in [2.24, 2.45) is 27.9 Å². The van der Waals surface area contributed by atoms with Gasteiger partial charge in [0.2, 0.25) is 17.7 Å². The lowest BCUT2D eigenvalue weighted by Crippen LogP contribution is -2.58. The molecule has 0 radical (unpaired) electrons. The Balaban J connectivity index is 2.24. The Labute approximate surface area is 251 Å². The van der Waals surface area contributed by atoms with E-state index >= 15 is 0 Å². The van der Waals surface area contributed by atoms with Crippen LogP contribution < -0.4 is 38.9 Å². The number of hydrogen-bond acceptors (Lipinski definition) is 7. The van der Waals surface area contributed by atoms with Crippen LogP contribution in [0.15, 0.2) is 65.7 Å². The number of carboxylic acids is 1. The van der Waals surface area contributed by atoms with E-state index in [1.54, 1.807) is 24.3 Å². The molecule has 43 heavy (non-hydrogen) atoms. The van der Waals surface area contributed by atoms with E-state index in [1.807, 2.05) is 36.4 Å². The van der Waals surface area contributed by atoms with Gasteiger partial charge in [-0.1, -0.05) is 67.1 Å². The first-order valence-electron chi connectivity index (χ1n) is 14.3. The molecule has 13 heteroatoms. The van der Waals surface area contributed by atoms with Crippen molar-refractivity contribution >= 4 is 29.7 Å². The number of carboxylic acid groups (broad SMARTS) is 1. The van der Waals surface area contributed by atoms with Crippen molar-refractivity contribution in [3.05, 3.63) is 71.8 Å². The van der Waals surface area contributed by atoms with E-state index in [2.05, 4.69) is 20.9 Å². The van der Waals surface area contributed by atoms with Crippen molar-refractivity contribution in [2.75, 3.05) is 13.1 Å². The Kier molecular flexibility index (Phi) is 15.2. The topological polar surface area (TPSA) is 241 Å². The third kappa shape index (κ3) is 13.4. The Morgan fingerprint density at radius 1 is 0.698 bits per heavy atom. The molecule has 0 aliphatic heterocycles. The number of carbonyl (C=O) groups is 4. The van der Waals surface area contributed by atoms with Gasteiger partial charge >= 0.3 is 5.97 Å². The summed E-state index contributed by atoms with van der Waals surface area (Å²) in [4.78, 5) is 55.7. The SMILES string of the molecule is NCCCCC(N)C(=O)NC(Cc1ccccc1)C(=O)NC(Cc1ccccc1)C(=O)NC(CCCN=C(N)N)C(=O)O. The van der Waals surface area contributed by atoms with E-state index in [-0.39, 0.29) is 31.8 Å². The first-order valence-corrected chi connectivity index (χ1v) is 14.3. The van der Waals surface area contributed by atoms with Crippen LogP contribution in [0.1, 0.15) is 43.2 Å². The summed E-state index contributed by atoms with van der Waals surface area (Å²) in [5.74, 6) is -3.14. The number of benzene rings is 2. The molecule has 234 valence electrons. The van der Waals surface area contributed by atoms with Crippen molar-refractivity contribution in [3.8, 4) is 0 Å². The Morgan fingerprint density at radius 3 is 1.65 bits per heavy atom. The van der Waals surface area contributed by atoms with Gasteiger partial charge in [0.1, 0.15) is 18.1 Å². The van der Waals surface area contributed by atoms with Gasteiger partial charge in [0.05, 0.1) is 6.04 Å². The fourth-order valence-corrected chi connectivity index (χ4v) is 4.34. The highest BCUT2D eigenvalue weighted by molar-refractivity contribution is 5.94. The van der Waals surface area contributed by atoms with Crippen LogP contribution in [0.2, 0.25) is 0 Å². The van der Waals surface area contributed by atoms with Crippen LogP contribution in [0.25, 0.3) is 0 Å². The van der Waals surface area contributed by atoms with E-state index in [4.69, 9.17) is 22.9 Å². The molecule has 3 amide bonds. The zero-order valence-corrected chi connectivity index (χ0v) is 24.3. The molecule has 0 fully saturated rings. The molecule has 2 aromatic rings. The molecule has 0 aliphatic carbocycles. The molecule has 0 aromatic heterocycles. The lowest BCUT2D eigenvalue weighted by atomic mass is 10.0. The minimum Gasteiger partial charge on any atom is -0.480 e. The number of aliphatic imine (C=N–C) groups is 1. The number of amides is 3. The average Bonchev–Trinajstić information content (AvgIpc) is 2.98. The number of nitrogens with zero attached hydrogens (tertiary/aromatic N) is 1. The maximum Gasteiger partial charge on any atom is 0.326 e. The van der Waals surface area contributed by atoms with Gasteiger partial charge in [0.25, 0.3) is 0 Å². The molecule has 0 saturated carbocycles. The summed E-state index contributed by atoms with van der Waals surface area (Å²) in [5, 5.41) is 17.7. The fourth-order valence-electron chi connectivity index (χ4n) is 4.34. The summed E-state index contributed by atoms with van der Waals surface area (Å²) >= 11 is 0. The van der Waals surface area contributed by atoms with Crippen LogP contribution in [0.5, 0.6) is 0 Å². The molecule has 2 aromatic carbocycles. The number of nitrogens with one attached hydrogen (secondary N) is 3. The molecule has 0 heterocycles. The standard InChI is InChI=1S/C30H44N8O5/c31-16-8-7-14-22(32)26(39)37-24(18-20-10-3-1-4-11-20)28(41)38-25(19-21-12-5-2-6-13-21)27(40)36-23(29(42)43)15-9-17-35-30(33)34/h1-6,10-13,22-25H,7-9,14-19,31-32H2,(H,36,40)(H,37,39)(H,38,41)(H,42,43)(H4,33,34,35). The maximum absolute atomic E-state index is 13.6. The normalized spacial score (nSPS) is 13.5. The van der Waals surface area contributed by atoms with Gasteiger partial charge in [-0.15, -0.1) is 0 Å². The van der Waals surface area contributed by atoms with Crippen molar-refractivity contribution in [3.63, 3.8) is 0 Å². The van der Waals surface area contributed by atoms with Gasteiger partial charge in [-0.2, -0.15) is 0 Å². The molecule has 12 N–H and O–H groups in total. The van der Waals surface area contributed by atoms with Crippen LogP contribution in [-0.4, -0.2) is 72.0 Å². The average molecular weight is 597 g/mol. The van der Waals surface area contributed by atoms with Crippen molar-refractivity contribution < 1.29 is 24.3 Å². The van der Waals surface area contributed by atoms with Gasteiger partial charge in [-0.25, -0.2) is 4.79 Å². The minimum absolute atomic E-state index is 0.0680. The van der Waals surface area contributed by atoms with E-state index in [1.165, 1.54) is 0 Å². The highest BCUT2D eigenvalue weighted by Crippen LogP contribution is 2.09. The lowest BCUT2D eigenvalue weighted by molar-refractivity contribution is -0.142. The van der Waals surface area contributed by atoms with E-state index in [0.29, 0.717) is 25.8 Å². The van der Waals surface area contributed by atoms with Crippen molar-refractivity contribution in [1.82, 2.24) is 16.0 Å². The number of hydrogen-bond donors (Lipinski definition) is 8. The quantitative estimate of drug-likeness (QED) is 0.0592. The van der Waals surface area contributed by atoms with Crippen LogP contribution in [0.3, 0.4) is 0 Å². The van der Waals surface area contributed by atoms with Gasteiger partial charge < -0.3 is 44.0 Å². The summed E-state index contributed by atoms with van der Waals surface area (Å²) in [7, 11) is 0. The van der Waals surface area contributed by atoms with Crippen LogP contribution in [-0.2, 0) is 32.0 Å². The number of unbranched alkanes of at least 4 members (excludes halogenated alkanes) is 1. The zero-order chi connectivity index (χ0) is 31.6. The van der Waals surface area contributed by atoms with Gasteiger partial charge in [0.15, 0.2) is 5.96 Å². The molecule has 0 aliphatic rings. The zero-order valence-electron chi connectivity index (χ0n) is 24.3. The maximum atomic E-state index is 13.6. The molecule has 0 bridgehead atoms. The van der Waals surface area contributed by atoms with Crippen molar-refractivity contribution in [2.45, 2.75) is 69.1 Å².